The molecule has 26 heavy (non-hydrogen) atoms. The highest BCUT2D eigenvalue weighted by Crippen LogP contribution is 2.23. The Morgan fingerprint density at radius 3 is 2.08 bits per heavy atom. The lowest BCUT2D eigenvalue weighted by molar-refractivity contribution is -0.134. The van der Waals surface area contributed by atoms with Crippen molar-refractivity contribution in [3.05, 3.63) is 77.9 Å². The molecule has 140 valence electrons. The Labute approximate surface area is 153 Å². The molecule has 6 heteroatoms. The molecule has 0 aliphatic heterocycles. The Morgan fingerprint density at radius 1 is 1.00 bits per heavy atom. The average molecular weight is 359 g/mol. The number of hydrogen-bond donors (Lipinski definition) is 3. The van der Waals surface area contributed by atoms with Gasteiger partial charge in [0.2, 0.25) is 0 Å². The van der Waals surface area contributed by atoms with E-state index < -0.39 is 11.9 Å². The second-order valence-corrected chi connectivity index (χ2v) is 5.38. The van der Waals surface area contributed by atoms with Crippen LogP contribution in [0.4, 0.5) is 0 Å². The molecular formula is C20H25NO5. The molecule has 0 fully saturated rings. The van der Waals surface area contributed by atoms with Crippen molar-refractivity contribution in [1.29, 1.82) is 0 Å². The summed E-state index contributed by atoms with van der Waals surface area (Å²) in [6.45, 7) is 2.25. The average Bonchev–Trinajstić information content (AvgIpc) is 2.61. The van der Waals surface area contributed by atoms with E-state index in [2.05, 4.69) is 55.5 Å². The van der Waals surface area contributed by atoms with Gasteiger partial charge in [-0.05, 0) is 35.6 Å². The first-order chi connectivity index (χ1) is 11.9. The predicted molar refractivity (Wildman–Crippen MR) is 101 cm³/mol. The molecule has 0 aromatic heterocycles. The van der Waals surface area contributed by atoms with E-state index in [1.807, 2.05) is 6.07 Å². The summed E-state index contributed by atoms with van der Waals surface area (Å²) in [5.41, 5.74) is 2.70. The number of aliphatic carboxylic acids is 2. The van der Waals surface area contributed by atoms with Crippen LogP contribution in [0.25, 0.3) is 0 Å². The van der Waals surface area contributed by atoms with Crippen LogP contribution in [0.5, 0.6) is 5.75 Å². The normalized spacial score (nSPS) is 10.8. The smallest absolute Gasteiger partial charge is 0.328 e. The van der Waals surface area contributed by atoms with Gasteiger partial charge in [-0.1, -0.05) is 49.4 Å². The van der Waals surface area contributed by atoms with E-state index >= 15 is 0 Å². The second-order valence-electron chi connectivity index (χ2n) is 5.38. The number of benzene rings is 2. The van der Waals surface area contributed by atoms with Gasteiger partial charge in [-0.2, -0.15) is 0 Å². The van der Waals surface area contributed by atoms with Crippen LogP contribution in [0.1, 0.15) is 24.0 Å². The van der Waals surface area contributed by atoms with Crippen molar-refractivity contribution in [2.24, 2.45) is 0 Å². The molecule has 2 aromatic carbocycles. The van der Waals surface area contributed by atoms with Gasteiger partial charge in [0.15, 0.2) is 0 Å². The van der Waals surface area contributed by atoms with Gasteiger partial charge in [-0.15, -0.1) is 0 Å². The summed E-state index contributed by atoms with van der Waals surface area (Å²) in [6.07, 6.45) is 2.18. The summed E-state index contributed by atoms with van der Waals surface area (Å²) in [5.74, 6) is -1.07. The van der Waals surface area contributed by atoms with Gasteiger partial charge < -0.3 is 21.1 Å². The molecule has 6 nitrogen and oxygen atoms in total. The van der Waals surface area contributed by atoms with Crippen LogP contribution in [0.2, 0.25) is 0 Å². The topological polar surface area (TPSA) is 119 Å². The molecule has 0 radical (unpaired) electrons. The lowest BCUT2D eigenvalue weighted by Gasteiger charge is -2.13. The minimum atomic E-state index is -1.26. The van der Waals surface area contributed by atoms with Crippen LogP contribution >= 0.6 is 0 Å². The van der Waals surface area contributed by atoms with Crippen molar-refractivity contribution < 1.29 is 24.5 Å². The monoisotopic (exact) mass is 359 g/mol. The van der Waals surface area contributed by atoms with Crippen molar-refractivity contribution in [1.82, 2.24) is 6.15 Å². The largest absolute Gasteiger partial charge is 0.497 e. The lowest BCUT2D eigenvalue weighted by Crippen LogP contribution is -1.98. The van der Waals surface area contributed by atoms with Crippen LogP contribution in [0, 0.1) is 0 Å². The Bertz CT molecular complexity index is 697. The minimum Gasteiger partial charge on any atom is -0.497 e. The van der Waals surface area contributed by atoms with E-state index in [0.29, 0.717) is 18.1 Å². The Morgan fingerprint density at radius 2 is 1.58 bits per heavy atom. The minimum absolute atomic E-state index is 0. The molecule has 0 aliphatic carbocycles. The van der Waals surface area contributed by atoms with Gasteiger partial charge in [-0.25, -0.2) is 9.59 Å². The fraction of sp³-hybridized carbons (Fsp3) is 0.200. The number of carbonyl (C=O) groups is 2. The molecule has 0 saturated carbocycles. The van der Waals surface area contributed by atoms with Crippen molar-refractivity contribution in [3.8, 4) is 5.75 Å². The van der Waals surface area contributed by atoms with Crippen LogP contribution in [0.15, 0.2) is 66.7 Å². The van der Waals surface area contributed by atoms with Gasteiger partial charge in [0.05, 0.1) is 7.11 Å². The highest BCUT2D eigenvalue weighted by atomic mass is 16.5. The van der Waals surface area contributed by atoms with Crippen LogP contribution in [0.3, 0.4) is 0 Å². The standard InChI is InChI=1S/C16H18O.C4H4O4.H3N/c1-13(11-14-7-4-3-5-8-14)15-9-6-10-16(12-15)17-2;5-3(6)1-2-4(7)8;/h3-10,12-13H,11H2,1-2H3;1-2H,(H,5,6)(H,7,8);1H3. The van der Waals surface area contributed by atoms with E-state index in [9.17, 15) is 9.59 Å². The van der Waals surface area contributed by atoms with Crippen LogP contribution in [-0.2, 0) is 16.0 Å². The van der Waals surface area contributed by atoms with Gasteiger partial charge in [0, 0.05) is 12.2 Å². The molecule has 0 heterocycles. The summed E-state index contributed by atoms with van der Waals surface area (Å²) in [7, 11) is 1.71. The fourth-order valence-corrected chi connectivity index (χ4v) is 2.18. The quantitative estimate of drug-likeness (QED) is 0.673. The maximum Gasteiger partial charge on any atom is 0.328 e. The first-order valence-corrected chi connectivity index (χ1v) is 7.74. The molecule has 1 atom stereocenters. The summed E-state index contributed by atoms with van der Waals surface area (Å²) in [6, 6.07) is 18.9. The third kappa shape index (κ3) is 9.24. The number of carboxylic acid groups (broad SMARTS) is 2. The van der Waals surface area contributed by atoms with Crippen molar-refractivity contribution in [2.75, 3.05) is 7.11 Å². The van der Waals surface area contributed by atoms with E-state index in [0.717, 1.165) is 12.2 Å². The first kappa shape index (κ1) is 22.9. The zero-order valence-electron chi connectivity index (χ0n) is 15.0. The van der Waals surface area contributed by atoms with Gasteiger partial charge in [-0.3, -0.25) is 0 Å². The summed E-state index contributed by atoms with van der Waals surface area (Å²) < 4.78 is 5.26. The lowest BCUT2D eigenvalue weighted by atomic mass is 9.94. The van der Waals surface area contributed by atoms with Crippen molar-refractivity contribution in [2.45, 2.75) is 19.3 Å². The Kier molecular flexibility index (Phi) is 10.8. The number of carboxylic acids is 2. The zero-order chi connectivity index (χ0) is 18.7. The third-order valence-corrected chi connectivity index (χ3v) is 3.42. The van der Waals surface area contributed by atoms with Crippen molar-refractivity contribution in [3.63, 3.8) is 0 Å². The molecule has 0 bridgehead atoms. The molecule has 2 rings (SSSR count). The van der Waals surface area contributed by atoms with E-state index in [1.54, 1.807) is 7.11 Å². The maximum atomic E-state index is 9.55. The molecule has 0 spiro atoms. The zero-order valence-corrected chi connectivity index (χ0v) is 15.0. The Balaban J connectivity index is 0.000000597. The number of ether oxygens (including phenoxy) is 1. The summed E-state index contributed by atoms with van der Waals surface area (Å²) in [4.78, 5) is 19.1. The maximum absolute atomic E-state index is 9.55. The third-order valence-electron chi connectivity index (χ3n) is 3.42. The van der Waals surface area contributed by atoms with E-state index in [4.69, 9.17) is 14.9 Å². The molecule has 0 saturated heterocycles. The fourth-order valence-electron chi connectivity index (χ4n) is 2.18. The molecule has 0 amide bonds. The molecule has 1 unspecified atom stereocenters. The Hall–Kier alpha value is -3.12. The summed E-state index contributed by atoms with van der Waals surface area (Å²) in [5, 5.41) is 15.6. The van der Waals surface area contributed by atoms with Gasteiger partial charge in [0.1, 0.15) is 5.75 Å². The predicted octanol–water partition coefficient (Wildman–Crippen LogP) is 3.92. The second kappa shape index (κ2) is 12.3. The van der Waals surface area contributed by atoms with E-state index in [-0.39, 0.29) is 6.15 Å². The highest BCUT2D eigenvalue weighted by molar-refractivity contribution is 5.89. The molecule has 5 N–H and O–H groups in total. The SMILES string of the molecule is COc1cccc(C(C)Cc2ccccc2)c1.N.O=C(O)C=CC(=O)O. The summed E-state index contributed by atoms with van der Waals surface area (Å²) >= 11 is 0. The van der Waals surface area contributed by atoms with Gasteiger partial charge >= 0.3 is 11.9 Å². The number of hydrogen-bond acceptors (Lipinski definition) is 4. The van der Waals surface area contributed by atoms with Crippen molar-refractivity contribution >= 4 is 11.9 Å². The number of rotatable bonds is 6. The number of methoxy groups -OCH3 is 1. The molecule has 0 aliphatic rings. The first-order valence-electron chi connectivity index (χ1n) is 7.74. The van der Waals surface area contributed by atoms with Crippen LogP contribution in [-0.4, -0.2) is 29.3 Å². The molecular weight excluding hydrogens is 334 g/mol. The van der Waals surface area contributed by atoms with Gasteiger partial charge in [0.25, 0.3) is 0 Å². The highest BCUT2D eigenvalue weighted by Gasteiger charge is 2.07. The van der Waals surface area contributed by atoms with E-state index in [1.165, 1.54) is 11.1 Å². The van der Waals surface area contributed by atoms with Crippen LogP contribution < -0.4 is 10.9 Å². The molecule has 2 aromatic rings.